The van der Waals surface area contributed by atoms with E-state index in [1.807, 2.05) is 0 Å². The lowest BCUT2D eigenvalue weighted by Gasteiger charge is -2.27. The van der Waals surface area contributed by atoms with E-state index in [-0.39, 0.29) is 28.3 Å². The van der Waals surface area contributed by atoms with Gasteiger partial charge < -0.3 is 5.73 Å². The largest absolute Gasteiger partial charge is 0.369 e. The number of carbonyl (C=O) groups excluding carboxylic acids is 1. The smallest absolute Gasteiger partial charge is 0.266 e. The van der Waals surface area contributed by atoms with Gasteiger partial charge in [-0.3, -0.25) is 14.7 Å². The Labute approximate surface area is 170 Å². The van der Waals surface area contributed by atoms with E-state index in [1.165, 1.54) is 31.4 Å². The van der Waals surface area contributed by atoms with Crippen LogP contribution in [-0.4, -0.2) is 28.8 Å². The third-order valence-electron chi connectivity index (χ3n) is 5.14. The van der Waals surface area contributed by atoms with Gasteiger partial charge in [-0.25, -0.2) is 18.2 Å². The number of aliphatic imine (C=N–C) groups is 1. The first-order chi connectivity index (χ1) is 14.4. The number of carbonyl (C=O) groups is 1. The minimum absolute atomic E-state index is 0.0270. The number of nitrogens with zero attached hydrogens (tertiary/aromatic N) is 3. The Hall–Kier alpha value is -3.68. The molecule has 0 saturated heterocycles. The highest BCUT2D eigenvalue weighted by Gasteiger charge is 2.50. The van der Waals surface area contributed by atoms with Crippen LogP contribution >= 0.6 is 0 Å². The van der Waals surface area contributed by atoms with Crippen molar-refractivity contribution in [1.82, 2.24) is 9.88 Å². The minimum Gasteiger partial charge on any atom is -0.369 e. The molecule has 0 radical (unpaired) electrons. The summed E-state index contributed by atoms with van der Waals surface area (Å²) in [5, 5.41) is 0. The van der Waals surface area contributed by atoms with Crippen molar-refractivity contribution >= 4 is 11.9 Å². The van der Waals surface area contributed by atoms with Crippen molar-refractivity contribution in [3.63, 3.8) is 0 Å². The van der Waals surface area contributed by atoms with Crippen LogP contribution in [0.1, 0.15) is 16.8 Å². The Morgan fingerprint density at radius 3 is 2.43 bits per heavy atom. The zero-order chi connectivity index (χ0) is 21.5. The van der Waals surface area contributed by atoms with E-state index in [2.05, 4.69) is 9.98 Å². The van der Waals surface area contributed by atoms with Crippen LogP contribution in [0.25, 0.3) is 11.1 Å². The molecule has 0 spiro atoms. The maximum absolute atomic E-state index is 14.7. The molecule has 30 heavy (non-hydrogen) atoms. The van der Waals surface area contributed by atoms with Gasteiger partial charge in [0.2, 0.25) is 0 Å². The lowest BCUT2D eigenvalue weighted by Crippen LogP contribution is -2.41. The zero-order valence-electron chi connectivity index (χ0n) is 15.9. The van der Waals surface area contributed by atoms with Crippen molar-refractivity contribution in [2.75, 3.05) is 7.05 Å². The van der Waals surface area contributed by atoms with Crippen molar-refractivity contribution < 1.29 is 18.0 Å². The molecule has 2 heterocycles. The van der Waals surface area contributed by atoms with Crippen molar-refractivity contribution in [3.8, 4) is 11.1 Å². The maximum atomic E-state index is 14.7. The van der Waals surface area contributed by atoms with Crippen LogP contribution in [0.5, 0.6) is 0 Å². The number of amides is 1. The van der Waals surface area contributed by atoms with Gasteiger partial charge in [0.05, 0.1) is 5.69 Å². The van der Waals surface area contributed by atoms with Gasteiger partial charge in [0.25, 0.3) is 5.91 Å². The van der Waals surface area contributed by atoms with Gasteiger partial charge in [0.1, 0.15) is 6.67 Å². The van der Waals surface area contributed by atoms with Crippen molar-refractivity contribution in [1.29, 1.82) is 0 Å². The molecule has 1 atom stereocenters. The molecule has 2 N–H and O–H groups in total. The third kappa shape index (κ3) is 2.92. The monoisotopic (exact) mass is 410 g/mol. The fourth-order valence-corrected chi connectivity index (χ4v) is 3.59. The Bertz CT molecular complexity index is 1170. The fourth-order valence-electron chi connectivity index (χ4n) is 3.59. The van der Waals surface area contributed by atoms with Gasteiger partial charge in [0, 0.05) is 18.8 Å². The number of aromatic nitrogens is 1. The molecule has 1 unspecified atom stereocenters. The van der Waals surface area contributed by atoms with E-state index < -0.39 is 29.8 Å². The molecule has 8 heteroatoms. The van der Waals surface area contributed by atoms with Gasteiger partial charge in [-0.2, -0.15) is 0 Å². The highest BCUT2D eigenvalue weighted by Crippen LogP contribution is 2.41. The molecular weight excluding hydrogens is 393 g/mol. The first-order valence-corrected chi connectivity index (χ1v) is 9.08. The molecule has 4 rings (SSSR count). The van der Waals surface area contributed by atoms with Crippen LogP contribution < -0.4 is 5.73 Å². The quantitative estimate of drug-likeness (QED) is 0.715. The van der Waals surface area contributed by atoms with Crippen molar-refractivity contribution in [2.45, 2.75) is 12.2 Å². The zero-order valence-corrected chi connectivity index (χ0v) is 15.9. The number of rotatable bonds is 4. The molecular formula is C22H17F3N4O. The van der Waals surface area contributed by atoms with Gasteiger partial charge >= 0.3 is 0 Å². The summed E-state index contributed by atoms with van der Waals surface area (Å²) in [7, 11) is 1.43. The molecule has 1 aliphatic heterocycles. The van der Waals surface area contributed by atoms with Crippen LogP contribution in [-0.2, 0) is 17.0 Å². The summed E-state index contributed by atoms with van der Waals surface area (Å²) >= 11 is 0. The SMILES string of the molecule is CN1C(=O)C(c2ccnc(CF)c2)(c2cc(F)c(F)c(-c3ccccc3)c2)N=C1N. The molecule has 152 valence electrons. The maximum Gasteiger partial charge on any atom is 0.266 e. The van der Waals surface area contributed by atoms with Crippen LogP contribution in [0.3, 0.4) is 0 Å². The van der Waals surface area contributed by atoms with E-state index in [9.17, 15) is 18.0 Å². The van der Waals surface area contributed by atoms with E-state index in [0.29, 0.717) is 5.56 Å². The number of likely N-dealkylation sites (N-methyl/N-ethyl adjacent to an activating group) is 1. The number of benzene rings is 2. The topological polar surface area (TPSA) is 71.6 Å². The normalized spacial score (nSPS) is 18.6. The van der Waals surface area contributed by atoms with Crippen molar-refractivity contribution in [2.24, 2.45) is 10.7 Å². The number of halogens is 3. The predicted octanol–water partition coefficient (Wildman–Crippen LogP) is 3.53. The van der Waals surface area contributed by atoms with Gasteiger partial charge in [0.15, 0.2) is 23.1 Å². The predicted molar refractivity (Wildman–Crippen MR) is 106 cm³/mol. The first-order valence-electron chi connectivity index (χ1n) is 9.08. The molecule has 1 aliphatic rings. The van der Waals surface area contributed by atoms with E-state index >= 15 is 0 Å². The summed E-state index contributed by atoms with van der Waals surface area (Å²) in [5.74, 6) is -2.85. The number of guanidine groups is 1. The van der Waals surface area contributed by atoms with Crippen LogP contribution in [0, 0.1) is 11.6 Å². The molecule has 5 nitrogen and oxygen atoms in total. The number of hydrogen-bond acceptors (Lipinski definition) is 4. The second kappa shape index (κ2) is 7.29. The second-order valence-corrected chi connectivity index (χ2v) is 6.90. The Kier molecular flexibility index (Phi) is 4.77. The highest BCUT2D eigenvalue weighted by atomic mass is 19.2. The van der Waals surface area contributed by atoms with E-state index in [1.54, 1.807) is 30.3 Å². The number of alkyl halides is 1. The molecule has 2 aromatic carbocycles. The second-order valence-electron chi connectivity index (χ2n) is 6.90. The van der Waals surface area contributed by atoms with Crippen LogP contribution in [0.15, 0.2) is 65.8 Å². The summed E-state index contributed by atoms with van der Waals surface area (Å²) in [5.41, 5.74) is 4.93. The average molecular weight is 410 g/mol. The third-order valence-corrected chi connectivity index (χ3v) is 5.14. The van der Waals surface area contributed by atoms with E-state index in [4.69, 9.17) is 5.73 Å². The molecule has 0 saturated carbocycles. The molecule has 1 aromatic heterocycles. The summed E-state index contributed by atoms with van der Waals surface area (Å²) < 4.78 is 42.6. The Morgan fingerprint density at radius 1 is 1.07 bits per heavy atom. The summed E-state index contributed by atoms with van der Waals surface area (Å²) in [6, 6.07) is 13.5. The fraction of sp³-hybridized carbons (Fsp3) is 0.136. The minimum atomic E-state index is -1.79. The lowest BCUT2D eigenvalue weighted by molar-refractivity contribution is -0.129. The number of hydrogen-bond donors (Lipinski definition) is 1. The van der Waals surface area contributed by atoms with Gasteiger partial charge in [-0.15, -0.1) is 0 Å². The van der Waals surface area contributed by atoms with E-state index in [0.717, 1.165) is 11.0 Å². The summed E-state index contributed by atoms with van der Waals surface area (Å²) in [6.45, 7) is -0.861. The summed E-state index contributed by atoms with van der Waals surface area (Å²) in [6.07, 6.45) is 1.33. The van der Waals surface area contributed by atoms with Crippen molar-refractivity contribution in [3.05, 3.63) is 89.2 Å². The summed E-state index contributed by atoms with van der Waals surface area (Å²) in [4.78, 5) is 22.6. The Balaban J connectivity index is 2.02. The van der Waals surface area contributed by atoms with Crippen LogP contribution in [0.2, 0.25) is 0 Å². The standard InChI is InChI=1S/C22H17F3N4O/c1-29-20(30)22(28-21(29)26,14-7-8-27-16(9-14)12-23)15-10-17(19(25)18(24)11-15)13-5-3-2-4-6-13/h2-11H,12H2,1H3,(H2,26,28). The average Bonchev–Trinajstić information content (AvgIpc) is 3.01. The highest BCUT2D eigenvalue weighted by molar-refractivity contribution is 6.09. The number of nitrogens with two attached hydrogens (primary N) is 1. The number of pyridine rings is 1. The van der Waals surface area contributed by atoms with Crippen LogP contribution in [0.4, 0.5) is 13.2 Å². The Morgan fingerprint density at radius 2 is 1.80 bits per heavy atom. The lowest BCUT2D eigenvalue weighted by atomic mass is 9.81. The van der Waals surface area contributed by atoms with Gasteiger partial charge in [-0.1, -0.05) is 30.3 Å². The first kappa shape index (κ1) is 19.6. The molecule has 0 fully saturated rings. The molecule has 1 amide bonds. The molecule has 0 bridgehead atoms. The molecule has 3 aromatic rings. The molecule has 0 aliphatic carbocycles. The van der Waals surface area contributed by atoms with Gasteiger partial charge in [-0.05, 0) is 41.0 Å².